The van der Waals surface area contributed by atoms with E-state index < -0.39 is 5.60 Å². The Labute approximate surface area is 191 Å². The highest BCUT2D eigenvalue weighted by Gasteiger charge is 2.40. The van der Waals surface area contributed by atoms with Crippen molar-refractivity contribution in [3.05, 3.63) is 89.5 Å². The topological polar surface area (TPSA) is 100 Å². The molecule has 1 unspecified atom stereocenters. The van der Waals surface area contributed by atoms with Gasteiger partial charge in [-0.3, -0.25) is 9.98 Å². The van der Waals surface area contributed by atoms with Crippen LogP contribution in [0.3, 0.4) is 0 Å². The Bertz CT molecular complexity index is 1380. The van der Waals surface area contributed by atoms with Crippen molar-refractivity contribution < 1.29 is 9.63 Å². The van der Waals surface area contributed by atoms with Gasteiger partial charge in [-0.2, -0.15) is 0 Å². The molecule has 0 saturated heterocycles. The van der Waals surface area contributed by atoms with Gasteiger partial charge in [0.05, 0.1) is 28.1 Å². The lowest BCUT2D eigenvalue weighted by atomic mass is 9.83. The molecule has 0 amide bonds. The van der Waals surface area contributed by atoms with Gasteiger partial charge in [-0.25, -0.2) is 4.98 Å². The molecule has 1 aliphatic rings. The van der Waals surface area contributed by atoms with Crippen molar-refractivity contribution >= 4 is 17.8 Å². The maximum absolute atomic E-state index is 12.4. The number of nitrogens with zero attached hydrogens (tertiary/aromatic N) is 4. The van der Waals surface area contributed by atoms with Crippen LogP contribution in [0, 0.1) is 13.8 Å². The molecular weight excluding hydrogens is 414 g/mol. The minimum Gasteiger partial charge on any atom is -0.373 e. The number of pyridine rings is 1. The average molecular weight is 440 g/mol. The molecule has 7 heteroatoms. The largest absolute Gasteiger partial charge is 0.373 e. The Morgan fingerprint density at radius 3 is 2.73 bits per heavy atom. The molecule has 0 spiro atoms. The number of fused-ring (bicyclic) bond motifs is 1. The first kappa shape index (κ1) is 21.0. The number of rotatable bonds is 7. The van der Waals surface area contributed by atoms with Crippen LogP contribution in [0.4, 0.5) is 0 Å². The summed E-state index contributed by atoms with van der Waals surface area (Å²) in [6, 6.07) is 9.35. The van der Waals surface area contributed by atoms with Crippen molar-refractivity contribution in [1.82, 2.24) is 20.1 Å². The molecule has 1 atom stereocenters. The van der Waals surface area contributed by atoms with Crippen LogP contribution >= 0.6 is 0 Å². The monoisotopic (exact) mass is 439 g/mol. The maximum Gasteiger partial charge on any atom is 0.176 e. The van der Waals surface area contributed by atoms with Crippen LogP contribution in [-0.2, 0) is 5.60 Å². The van der Waals surface area contributed by atoms with E-state index >= 15 is 0 Å². The van der Waals surface area contributed by atoms with Gasteiger partial charge < -0.3 is 14.6 Å². The van der Waals surface area contributed by atoms with E-state index in [0.717, 1.165) is 41.0 Å². The molecule has 0 radical (unpaired) electrons. The van der Waals surface area contributed by atoms with Crippen molar-refractivity contribution in [2.24, 2.45) is 4.99 Å². The van der Waals surface area contributed by atoms with Crippen LogP contribution in [0.15, 0.2) is 70.5 Å². The number of allylic oxidation sites excluding steroid dienone is 2. The molecular formula is C26H25N5O2. The Morgan fingerprint density at radius 2 is 2.12 bits per heavy atom. The zero-order valence-corrected chi connectivity index (χ0v) is 18.7. The van der Waals surface area contributed by atoms with Crippen LogP contribution in [0.2, 0.25) is 0 Å². The van der Waals surface area contributed by atoms with Gasteiger partial charge in [-0.05, 0) is 69.3 Å². The van der Waals surface area contributed by atoms with Gasteiger partial charge in [0.1, 0.15) is 11.6 Å². The third-order valence-corrected chi connectivity index (χ3v) is 6.13. The molecule has 7 nitrogen and oxygen atoms in total. The molecule has 0 bridgehead atoms. The molecule has 5 rings (SSSR count). The third kappa shape index (κ3) is 3.41. The van der Waals surface area contributed by atoms with Crippen LogP contribution in [0.25, 0.3) is 22.2 Å². The van der Waals surface area contributed by atoms with Gasteiger partial charge in [0, 0.05) is 23.2 Å². The first-order valence-corrected chi connectivity index (χ1v) is 10.9. The van der Waals surface area contributed by atoms with E-state index in [0.29, 0.717) is 34.1 Å². The second-order valence-corrected chi connectivity index (χ2v) is 8.39. The summed E-state index contributed by atoms with van der Waals surface area (Å²) < 4.78 is 5.43. The number of aliphatic hydroxyl groups is 1. The number of aliphatic imine (C=N–C) groups is 1. The molecule has 0 aliphatic heterocycles. The summed E-state index contributed by atoms with van der Waals surface area (Å²) in [5, 5.41) is 16.5. The van der Waals surface area contributed by atoms with Gasteiger partial charge in [-0.1, -0.05) is 23.9 Å². The number of nitrogens with one attached hydrogen (secondary N) is 1. The third-order valence-electron chi connectivity index (χ3n) is 6.13. The molecule has 1 fully saturated rings. The first-order chi connectivity index (χ1) is 16.0. The number of benzene rings is 1. The quantitative estimate of drug-likeness (QED) is 0.308. The van der Waals surface area contributed by atoms with Gasteiger partial charge in [-0.15, -0.1) is 0 Å². The Kier molecular flexibility index (Phi) is 5.06. The van der Waals surface area contributed by atoms with E-state index in [1.54, 1.807) is 30.5 Å². The van der Waals surface area contributed by atoms with E-state index in [1.165, 1.54) is 0 Å². The molecule has 3 heterocycles. The van der Waals surface area contributed by atoms with Gasteiger partial charge >= 0.3 is 0 Å². The summed E-state index contributed by atoms with van der Waals surface area (Å²) in [5.74, 6) is 2.03. The molecule has 166 valence electrons. The normalized spacial score (nSPS) is 16.0. The highest BCUT2D eigenvalue weighted by atomic mass is 16.5. The number of H-pyrrole nitrogens is 1. The van der Waals surface area contributed by atoms with Crippen LogP contribution in [0.5, 0.6) is 0 Å². The van der Waals surface area contributed by atoms with Crippen molar-refractivity contribution in [2.75, 3.05) is 0 Å². The minimum absolute atomic E-state index is 0.310. The summed E-state index contributed by atoms with van der Waals surface area (Å²) in [6.45, 7) is 11.3. The lowest BCUT2D eigenvalue weighted by Crippen LogP contribution is -2.31. The fourth-order valence-electron chi connectivity index (χ4n) is 4.39. The summed E-state index contributed by atoms with van der Waals surface area (Å²) in [7, 11) is 0. The lowest BCUT2D eigenvalue weighted by molar-refractivity contribution is 0.116. The average Bonchev–Trinajstić information content (AvgIpc) is 3.51. The number of hydrogen-bond donors (Lipinski definition) is 2. The minimum atomic E-state index is -1.71. The summed E-state index contributed by atoms with van der Waals surface area (Å²) in [4.78, 5) is 17.0. The SMILES string of the molecule is C=C/C=C(\N=C)C(O)(c1ccccn1)c1cc(-c2c(C)noc2C)cc2[nH]c(C3CC3)nc12. The summed E-state index contributed by atoms with van der Waals surface area (Å²) in [6.07, 6.45) is 7.07. The van der Waals surface area contributed by atoms with Crippen molar-refractivity contribution in [1.29, 1.82) is 0 Å². The standard InChI is InChI=1S/C26H25N5O2/c1-5-8-21(27-4)26(32,22-9-6-7-12-28-22)19-13-18(23-15(2)31-33-16(23)3)14-20-24(19)30-25(29-20)17-10-11-17/h5-9,12-14,17,32H,1,4,10-11H2,2-3H3,(H,29,30)/b21-8-. The van der Waals surface area contributed by atoms with E-state index in [1.807, 2.05) is 32.0 Å². The van der Waals surface area contributed by atoms with Crippen molar-refractivity contribution in [3.63, 3.8) is 0 Å². The van der Waals surface area contributed by atoms with Gasteiger partial charge in [0.15, 0.2) is 5.60 Å². The van der Waals surface area contributed by atoms with Gasteiger partial charge in [0.2, 0.25) is 0 Å². The fraction of sp³-hybridized carbons (Fsp3) is 0.231. The number of aromatic nitrogens is 4. The molecule has 3 aromatic heterocycles. The van der Waals surface area contributed by atoms with Crippen LogP contribution in [0.1, 0.15) is 47.3 Å². The van der Waals surface area contributed by atoms with Gasteiger partial charge in [0.25, 0.3) is 0 Å². The number of aryl methyl sites for hydroxylation is 2. The number of imidazole rings is 1. The maximum atomic E-state index is 12.4. The highest BCUT2D eigenvalue weighted by Crippen LogP contribution is 2.44. The summed E-state index contributed by atoms with van der Waals surface area (Å²) in [5.41, 5.74) is 3.56. The Morgan fingerprint density at radius 1 is 1.30 bits per heavy atom. The predicted octanol–water partition coefficient (Wildman–Crippen LogP) is 5.11. The van der Waals surface area contributed by atoms with E-state index in [2.05, 4.69) is 33.4 Å². The zero-order valence-electron chi connectivity index (χ0n) is 18.7. The second-order valence-electron chi connectivity index (χ2n) is 8.39. The summed E-state index contributed by atoms with van der Waals surface area (Å²) >= 11 is 0. The van der Waals surface area contributed by atoms with Crippen LogP contribution in [-0.4, -0.2) is 31.9 Å². The smallest absolute Gasteiger partial charge is 0.176 e. The molecule has 33 heavy (non-hydrogen) atoms. The molecule has 2 N–H and O–H groups in total. The highest BCUT2D eigenvalue weighted by molar-refractivity contribution is 5.88. The zero-order chi connectivity index (χ0) is 23.2. The fourth-order valence-corrected chi connectivity index (χ4v) is 4.39. The Hall–Kier alpha value is -3.84. The molecule has 1 saturated carbocycles. The van der Waals surface area contributed by atoms with Crippen molar-refractivity contribution in [3.8, 4) is 11.1 Å². The number of hydrogen-bond acceptors (Lipinski definition) is 6. The second kappa shape index (κ2) is 7.94. The predicted molar refractivity (Wildman–Crippen MR) is 128 cm³/mol. The van der Waals surface area contributed by atoms with E-state index in [-0.39, 0.29) is 0 Å². The molecule has 1 aliphatic carbocycles. The van der Waals surface area contributed by atoms with Crippen molar-refractivity contribution in [2.45, 2.75) is 38.2 Å². The first-order valence-electron chi connectivity index (χ1n) is 10.9. The molecule has 1 aromatic carbocycles. The van der Waals surface area contributed by atoms with Crippen LogP contribution < -0.4 is 0 Å². The Balaban J connectivity index is 1.88. The number of aromatic amines is 1. The lowest BCUT2D eigenvalue weighted by Gasteiger charge is -2.29. The van der Waals surface area contributed by atoms with E-state index in [4.69, 9.17) is 9.51 Å². The van der Waals surface area contributed by atoms with E-state index in [9.17, 15) is 5.11 Å². The molecule has 4 aromatic rings.